The summed E-state index contributed by atoms with van der Waals surface area (Å²) in [6.07, 6.45) is 3.48. The predicted molar refractivity (Wildman–Crippen MR) is 119 cm³/mol. The Morgan fingerprint density at radius 2 is 2.06 bits per heavy atom. The maximum absolute atomic E-state index is 13.6. The van der Waals surface area contributed by atoms with E-state index in [0.717, 1.165) is 27.7 Å². The van der Waals surface area contributed by atoms with Crippen molar-refractivity contribution in [2.24, 2.45) is 0 Å². The van der Waals surface area contributed by atoms with Crippen LogP contribution < -0.4 is 4.74 Å². The molecular formula is C24H19ClFN3O3. The van der Waals surface area contributed by atoms with Crippen molar-refractivity contribution in [3.8, 4) is 11.4 Å². The van der Waals surface area contributed by atoms with Crippen LogP contribution in [-0.4, -0.2) is 38.7 Å². The largest absolute Gasteiger partial charge is 0.490 e. The highest BCUT2D eigenvalue weighted by Crippen LogP contribution is 2.35. The van der Waals surface area contributed by atoms with Gasteiger partial charge in [0.2, 0.25) is 0 Å². The predicted octanol–water partition coefficient (Wildman–Crippen LogP) is 4.91. The van der Waals surface area contributed by atoms with Crippen LogP contribution in [0.3, 0.4) is 0 Å². The second-order valence-corrected chi connectivity index (χ2v) is 8.13. The molecule has 0 atom stereocenters. The van der Waals surface area contributed by atoms with Gasteiger partial charge < -0.3 is 14.4 Å². The van der Waals surface area contributed by atoms with E-state index < -0.39 is 5.97 Å². The van der Waals surface area contributed by atoms with Gasteiger partial charge in [-0.15, -0.1) is 0 Å². The average Bonchev–Trinajstić information content (AvgIpc) is 3.07. The highest BCUT2D eigenvalue weighted by molar-refractivity contribution is 6.32. The third kappa shape index (κ3) is 3.92. The van der Waals surface area contributed by atoms with E-state index in [-0.39, 0.29) is 11.5 Å². The van der Waals surface area contributed by atoms with Gasteiger partial charge in [-0.1, -0.05) is 17.7 Å². The Hall–Kier alpha value is -3.42. The number of pyridine rings is 1. The fraction of sp³-hybridized carbons (Fsp3) is 0.167. The number of fused-ring (bicyclic) bond motifs is 2. The molecule has 0 spiro atoms. The van der Waals surface area contributed by atoms with Crippen LogP contribution in [0.15, 0.2) is 60.9 Å². The average molecular weight is 452 g/mol. The number of benzene rings is 2. The first-order valence-electron chi connectivity index (χ1n) is 10.1. The summed E-state index contributed by atoms with van der Waals surface area (Å²) in [7, 11) is 0. The van der Waals surface area contributed by atoms with Crippen molar-refractivity contribution in [2.45, 2.75) is 13.1 Å². The number of carboxylic acids is 1. The van der Waals surface area contributed by atoms with Gasteiger partial charge >= 0.3 is 5.97 Å². The van der Waals surface area contributed by atoms with Gasteiger partial charge in [0, 0.05) is 48.7 Å². The molecule has 8 heteroatoms. The van der Waals surface area contributed by atoms with Gasteiger partial charge in [-0.2, -0.15) is 0 Å². The van der Waals surface area contributed by atoms with Gasteiger partial charge in [-0.05, 0) is 48.0 Å². The van der Waals surface area contributed by atoms with Gasteiger partial charge in [0.1, 0.15) is 23.9 Å². The summed E-state index contributed by atoms with van der Waals surface area (Å²) >= 11 is 6.59. The van der Waals surface area contributed by atoms with Crippen molar-refractivity contribution in [1.29, 1.82) is 0 Å². The number of aromatic carboxylic acids is 1. The van der Waals surface area contributed by atoms with Crippen molar-refractivity contribution in [2.75, 3.05) is 13.2 Å². The number of hydrogen-bond donors (Lipinski definition) is 1. The Kier molecular flexibility index (Phi) is 5.28. The third-order valence-electron chi connectivity index (χ3n) is 5.53. The third-order valence-corrected chi connectivity index (χ3v) is 5.81. The second kappa shape index (κ2) is 8.26. The summed E-state index contributed by atoms with van der Waals surface area (Å²) in [4.78, 5) is 17.2. The second-order valence-electron chi connectivity index (χ2n) is 7.72. The molecule has 6 nitrogen and oxygen atoms in total. The SMILES string of the molecule is O=C(O)c1ccc(CN2CCOc3c(Cl)cc(-n4ccc5cc(F)ccc54)cc3C2)cn1. The normalized spacial score (nSPS) is 14.1. The number of halogens is 2. The molecule has 4 aromatic rings. The molecule has 0 saturated carbocycles. The topological polar surface area (TPSA) is 67.6 Å². The molecule has 0 aliphatic carbocycles. The molecule has 32 heavy (non-hydrogen) atoms. The summed E-state index contributed by atoms with van der Waals surface area (Å²) < 4.78 is 21.5. The van der Waals surface area contributed by atoms with E-state index in [4.69, 9.17) is 21.4 Å². The smallest absolute Gasteiger partial charge is 0.354 e. The van der Waals surface area contributed by atoms with Crippen LogP contribution in [-0.2, 0) is 13.1 Å². The number of ether oxygens (including phenoxy) is 1. The van der Waals surface area contributed by atoms with Gasteiger partial charge in [0.25, 0.3) is 0 Å². The van der Waals surface area contributed by atoms with Gasteiger partial charge in [0.05, 0.1) is 10.5 Å². The minimum absolute atomic E-state index is 0.0218. The van der Waals surface area contributed by atoms with Crippen LogP contribution in [0.2, 0.25) is 5.02 Å². The molecule has 0 fully saturated rings. The minimum atomic E-state index is -1.05. The van der Waals surface area contributed by atoms with E-state index in [1.807, 2.05) is 29.0 Å². The Balaban J connectivity index is 1.45. The first kappa shape index (κ1) is 20.5. The lowest BCUT2D eigenvalue weighted by molar-refractivity contribution is 0.0690. The number of aromatic nitrogens is 2. The summed E-state index contributed by atoms with van der Waals surface area (Å²) in [5.74, 6) is -0.652. The Morgan fingerprint density at radius 1 is 1.19 bits per heavy atom. The van der Waals surface area contributed by atoms with Crippen LogP contribution in [0.5, 0.6) is 5.75 Å². The molecule has 5 rings (SSSR count). The van der Waals surface area contributed by atoms with Crippen molar-refractivity contribution < 1.29 is 19.0 Å². The standard InChI is InChI=1S/C24H19ClFN3O3/c25-20-11-19(29-6-5-16-9-18(26)2-4-22(16)29)10-17-14-28(7-8-32-23(17)20)13-15-1-3-21(24(30)31)27-12-15/h1-6,9-12H,7-8,13-14H2,(H,30,31). The maximum Gasteiger partial charge on any atom is 0.354 e. The van der Waals surface area contributed by atoms with Crippen molar-refractivity contribution in [3.63, 3.8) is 0 Å². The minimum Gasteiger partial charge on any atom is -0.490 e. The molecule has 1 aliphatic heterocycles. The van der Waals surface area contributed by atoms with Crippen molar-refractivity contribution >= 4 is 28.5 Å². The summed E-state index contributed by atoms with van der Waals surface area (Å²) in [6, 6.07) is 13.7. The number of hydrogen-bond acceptors (Lipinski definition) is 4. The van der Waals surface area contributed by atoms with Gasteiger partial charge in [-0.25, -0.2) is 14.2 Å². The molecule has 0 bridgehead atoms. The van der Waals surface area contributed by atoms with Crippen LogP contribution in [0, 0.1) is 5.82 Å². The quantitative estimate of drug-likeness (QED) is 0.477. The van der Waals surface area contributed by atoms with Crippen molar-refractivity contribution in [3.05, 3.63) is 88.6 Å². The maximum atomic E-state index is 13.6. The molecule has 2 aromatic carbocycles. The summed E-state index contributed by atoms with van der Waals surface area (Å²) in [5.41, 5.74) is 3.64. The molecule has 1 N–H and O–H groups in total. The van der Waals surface area contributed by atoms with E-state index >= 15 is 0 Å². The van der Waals surface area contributed by atoms with Crippen LogP contribution in [0.4, 0.5) is 4.39 Å². The van der Waals surface area contributed by atoms with Crippen molar-refractivity contribution in [1.82, 2.24) is 14.5 Å². The lowest BCUT2D eigenvalue weighted by atomic mass is 10.1. The molecule has 3 heterocycles. The van der Waals surface area contributed by atoms with E-state index in [1.54, 1.807) is 18.3 Å². The zero-order chi connectivity index (χ0) is 22.2. The number of nitrogens with zero attached hydrogens (tertiary/aromatic N) is 3. The van der Waals surface area contributed by atoms with Gasteiger partial charge in [-0.3, -0.25) is 4.90 Å². The van der Waals surface area contributed by atoms with E-state index in [9.17, 15) is 9.18 Å². The Labute approximate surface area is 188 Å². The lowest BCUT2D eigenvalue weighted by Crippen LogP contribution is -2.25. The highest BCUT2D eigenvalue weighted by Gasteiger charge is 2.20. The van der Waals surface area contributed by atoms with Crippen LogP contribution >= 0.6 is 11.6 Å². The van der Waals surface area contributed by atoms with Gasteiger partial charge in [0.15, 0.2) is 0 Å². The summed E-state index contributed by atoms with van der Waals surface area (Å²) in [6.45, 7) is 2.38. The molecular weight excluding hydrogens is 433 g/mol. The zero-order valence-electron chi connectivity index (χ0n) is 17.0. The van der Waals surface area contributed by atoms with E-state index in [2.05, 4.69) is 9.88 Å². The molecule has 0 unspecified atom stereocenters. The first-order valence-corrected chi connectivity index (χ1v) is 10.5. The number of rotatable bonds is 4. The molecule has 162 valence electrons. The Bertz CT molecular complexity index is 1320. The van der Waals surface area contributed by atoms with Crippen LogP contribution in [0.25, 0.3) is 16.6 Å². The van der Waals surface area contributed by atoms with E-state index in [0.29, 0.717) is 37.0 Å². The lowest BCUT2D eigenvalue weighted by Gasteiger charge is -2.19. The van der Waals surface area contributed by atoms with E-state index in [1.165, 1.54) is 18.2 Å². The highest BCUT2D eigenvalue weighted by atomic mass is 35.5. The Morgan fingerprint density at radius 3 is 2.84 bits per heavy atom. The first-order chi connectivity index (χ1) is 15.5. The fourth-order valence-corrected chi connectivity index (χ4v) is 4.31. The molecule has 0 saturated heterocycles. The fourth-order valence-electron chi connectivity index (χ4n) is 4.03. The summed E-state index contributed by atoms with van der Waals surface area (Å²) in [5, 5.41) is 10.4. The molecule has 2 aromatic heterocycles. The molecule has 0 amide bonds. The van der Waals surface area contributed by atoms with Crippen LogP contribution in [0.1, 0.15) is 21.6 Å². The number of carbonyl (C=O) groups is 1. The molecule has 1 aliphatic rings. The zero-order valence-corrected chi connectivity index (χ0v) is 17.7. The monoisotopic (exact) mass is 451 g/mol. The number of carboxylic acid groups (broad SMARTS) is 1. The molecule has 0 radical (unpaired) electrons.